The van der Waals surface area contributed by atoms with Crippen molar-refractivity contribution in [3.63, 3.8) is 0 Å². The minimum atomic E-state index is -0.364. The summed E-state index contributed by atoms with van der Waals surface area (Å²) in [4.78, 5) is 13.1. The number of fused-ring (bicyclic) bond motifs is 1. The molecule has 7 heteroatoms. The van der Waals surface area contributed by atoms with Crippen LogP contribution in [0.15, 0.2) is 36.4 Å². The van der Waals surface area contributed by atoms with Crippen molar-refractivity contribution in [1.29, 1.82) is 0 Å². The molecule has 2 aromatic carbocycles. The van der Waals surface area contributed by atoms with E-state index in [2.05, 4.69) is 5.32 Å². The second-order valence-corrected chi connectivity index (χ2v) is 7.12. The van der Waals surface area contributed by atoms with E-state index in [0.29, 0.717) is 31.5 Å². The van der Waals surface area contributed by atoms with Gasteiger partial charge in [0, 0.05) is 15.6 Å². The molecular weight excluding hydrogens is 377 g/mol. The third kappa shape index (κ3) is 3.48. The topological polar surface area (TPSA) is 47.6 Å². The van der Waals surface area contributed by atoms with Crippen LogP contribution >= 0.6 is 22.9 Å². The highest BCUT2D eigenvalue weighted by Gasteiger charge is 2.21. The van der Waals surface area contributed by atoms with Crippen LogP contribution in [0.2, 0.25) is 5.02 Å². The highest BCUT2D eigenvalue weighted by atomic mass is 35.5. The molecule has 0 fully saturated rings. The van der Waals surface area contributed by atoms with Crippen LogP contribution in [0.25, 0.3) is 10.1 Å². The van der Waals surface area contributed by atoms with Crippen LogP contribution in [0.4, 0.5) is 4.39 Å². The number of carbonyl (C=O) groups excluding carboxylic acids is 1. The number of benzene rings is 2. The molecule has 0 aliphatic rings. The van der Waals surface area contributed by atoms with Gasteiger partial charge in [0.1, 0.15) is 22.2 Å². The monoisotopic (exact) mass is 393 g/mol. The Hall–Kier alpha value is -2.31. The van der Waals surface area contributed by atoms with Gasteiger partial charge in [-0.05, 0) is 43.3 Å². The molecule has 4 nitrogen and oxygen atoms in total. The highest BCUT2D eigenvalue weighted by Crippen LogP contribution is 2.36. The first-order chi connectivity index (χ1) is 12.4. The second-order valence-electron chi connectivity index (χ2n) is 5.69. The molecule has 136 valence electrons. The summed E-state index contributed by atoms with van der Waals surface area (Å²) in [5, 5.41) is 3.90. The van der Waals surface area contributed by atoms with Gasteiger partial charge in [-0.15, -0.1) is 11.3 Å². The highest BCUT2D eigenvalue weighted by molar-refractivity contribution is 7.21. The minimum Gasteiger partial charge on any atom is -0.497 e. The lowest BCUT2D eigenvalue weighted by molar-refractivity contribution is 0.0943. The standard InChI is InChI=1S/C19H17ClFNO3S/c1-10(14-9-12(24-2)5-7-15(14)25-3)22-19(23)18-17(20)13-6-4-11(21)8-16(13)26-18/h4-10H,1-3H3,(H,22,23). The fourth-order valence-corrected chi connectivity index (χ4v) is 4.15. The van der Waals surface area contributed by atoms with Gasteiger partial charge in [0.05, 0.1) is 25.3 Å². The Kier molecular flexibility index (Phi) is 5.34. The molecule has 0 spiro atoms. The average molecular weight is 394 g/mol. The summed E-state index contributed by atoms with van der Waals surface area (Å²) < 4.78 is 24.6. The molecule has 0 aliphatic carbocycles. The zero-order valence-electron chi connectivity index (χ0n) is 14.4. The molecule has 26 heavy (non-hydrogen) atoms. The van der Waals surface area contributed by atoms with Crippen molar-refractivity contribution in [3.8, 4) is 11.5 Å². The van der Waals surface area contributed by atoms with E-state index in [1.54, 1.807) is 32.4 Å². The van der Waals surface area contributed by atoms with Gasteiger partial charge in [-0.1, -0.05) is 11.6 Å². The number of amides is 1. The van der Waals surface area contributed by atoms with Gasteiger partial charge in [0.15, 0.2) is 0 Å². The maximum atomic E-state index is 13.4. The van der Waals surface area contributed by atoms with Crippen LogP contribution in [0, 0.1) is 5.82 Å². The molecule has 0 aliphatic heterocycles. The minimum absolute atomic E-state index is 0.325. The third-order valence-corrected chi connectivity index (χ3v) is 5.70. The molecule has 1 aromatic heterocycles. The zero-order chi connectivity index (χ0) is 18.8. The Morgan fingerprint density at radius 3 is 2.65 bits per heavy atom. The number of rotatable bonds is 5. The predicted molar refractivity (Wildman–Crippen MR) is 102 cm³/mol. The molecule has 0 saturated carbocycles. The van der Waals surface area contributed by atoms with Gasteiger partial charge in [-0.25, -0.2) is 4.39 Å². The first-order valence-corrected chi connectivity index (χ1v) is 9.04. The first-order valence-electron chi connectivity index (χ1n) is 7.85. The molecule has 0 bridgehead atoms. The van der Waals surface area contributed by atoms with Crippen LogP contribution in [0.5, 0.6) is 11.5 Å². The maximum Gasteiger partial charge on any atom is 0.263 e. The smallest absolute Gasteiger partial charge is 0.263 e. The van der Waals surface area contributed by atoms with Gasteiger partial charge in [-0.3, -0.25) is 4.79 Å². The molecule has 1 N–H and O–H groups in total. The van der Waals surface area contributed by atoms with Gasteiger partial charge in [0.25, 0.3) is 5.91 Å². The molecule has 1 amide bonds. The van der Waals surface area contributed by atoms with Crippen LogP contribution in [-0.2, 0) is 0 Å². The quantitative estimate of drug-likeness (QED) is 0.647. The number of thiophene rings is 1. The Bertz CT molecular complexity index is 973. The number of nitrogens with one attached hydrogen (secondary N) is 1. The summed E-state index contributed by atoms with van der Waals surface area (Å²) in [5.41, 5.74) is 0.781. The Morgan fingerprint density at radius 2 is 1.96 bits per heavy atom. The summed E-state index contributed by atoms with van der Waals surface area (Å²) in [5.74, 6) is 0.617. The lowest BCUT2D eigenvalue weighted by Gasteiger charge is -2.18. The van der Waals surface area contributed by atoms with Gasteiger partial charge in [-0.2, -0.15) is 0 Å². The SMILES string of the molecule is COc1ccc(OC)c(C(C)NC(=O)c2sc3cc(F)ccc3c2Cl)c1. The molecule has 3 rings (SSSR count). The van der Waals surface area contributed by atoms with Crippen molar-refractivity contribution in [3.05, 3.63) is 57.7 Å². The fourth-order valence-electron chi connectivity index (χ4n) is 2.70. The lowest BCUT2D eigenvalue weighted by Crippen LogP contribution is -2.26. The number of ether oxygens (including phenoxy) is 2. The maximum absolute atomic E-state index is 13.4. The van der Waals surface area contributed by atoms with Crippen molar-refractivity contribution >= 4 is 38.9 Å². The van der Waals surface area contributed by atoms with Crippen molar-refractivity contribution in [2.24, 2.45) is 0 Å². The molecule has 1 atom stereocenters. The largest absolute Gasteiger partial charge is 0.497 e. The molecule has 0 saturated heterocycles. The van der Waals surface area contributed by atoms with Crippen molar-refractivity contribution < 1.29 is 18.7 Å². The summed E-state index contributed by atoms with van der Waals surface area (Å²) in [7, 11) is 3.14. The fraction of sp³-hybridized carbons (Fsp3) is 0.211. The first kappa shape index (κ1) is 18.5. The number of hydrogen-bond donors (Lipinski definition) is 1. The number of halogens is 2. The number of hydrogen-bond acceptors (Lipinski definition) is 4. The molecule has 3 aromatic rings. The van der Waals surface area contributed by atoms with E-state index in [1.807, 2.05) is 13.0 Å². The summed E-state index contributed by atoms with van der Waals surface area (Å²) >= 11 is 7.48. The third-order valence-electron chi connectivity index (χ3n) is 4.05. The van der Waals surface area contributed by atoms with Crippen molar-refractivity contribution in [2.75, 3.05) is 14.2 Å². The molecule has 0 radical (unpaired) electrons. The van der Waals surface area contributed by atoms with Gasteiger partial charge < -0.3 is 14.8 Å². The summed E-state index contributed by atoms with van der Waals surface area (Å²) in [6.45, 7) is 1.84. The number of carbonyl (C=O) groups is 1. The van der Waals surface area contributed by atoms with Gasteiger partial charge >= 0.3 is 0 Å². The normalized spacial score (nSPS) is 12.0. The second kappa shape index (κ2) is 7.51. The lowest BCUT2D eigenvalue weighted by atomic mass is 10.1. The summed E-state index contributed by atoms with van der Waals surface area (Å²) in [6.07, 6.45) is 0. The average Bonchev–Trinajstić information content (AvgIpc) is 2.96. The van der Waals surface area contributed by atoms with E-state index in [1.165, 1.54) is 12.1 Å². The van der Waals surface area contributed by atoms with Crippen molar-refractivity contribution in [1.82, 2.24) is 5.32 Å². The molecular formula is C19H17ClFNO3S. The Balaban J connectivity index is 1.89. The van der Waals surface area contributed by atoms with Crippen LogP contribution in [-0.4, -0.2) is 20.1 Å². The van der Waals surface area contributed by atoms with E-state index in [4.69, 9.17) is 21.1 Å². The molecule has 1 unspecified atom stereocenters. The summed E-state index contributed by atoms with van der Waals surface area (Å²) in [6, 6.07) is 9.31. The zero-order valence-corrected chi connectivity index (χ0v) is 16.0. The van der Waals surface area contributed by atoms with E-state index in [-0.39, 0.29) is 17.8 Å². The van der Waals surface area contributed by atoms with Crippen LogP contribution in [0.3, 0.4) is 0 Å². The van der Waals surface area contributed by atoms with E-state index in [9.17, 15) is 9.18 Å². The van der Waals surface area contributed by atoms with Gasteiger partial charge in [0.2, 0.25) is 0 Å². The predicted octanol–water partition coefficient (Wildman–Crippen LogP) is 5.20. The van der Waals surface area contributed by atoms with E-state index in [0.717, 1.165) is 16.9 Å². The van der Waals surface area contributed by atoms with Crippen LogP contribution in [0.1, 0.15) is 28.2 Å². The Morgan fingerprint density at radius 1 is 1.19 bits per heavy atom. The van der Waals surface area contributed by atoms with Crippen molar-refractivity contribution in [2.45, 2.75) is 13.0 Å². The molecule has 1 heterocycles. The van der Waals surface area contributed by atoms with E-state index >= 15 is 0 Å². The number of methoxy groups -OCH3 is 2. The van der Waals surface area contributed by atoms with Crippen LogP contribution < -0.4 is 14.8 Å². The Labute approximate surface area is 159 Å². The van der Waals surface area contributed by atoms with E-state index < -0.39 is 0 Å².